The van der Waals surface area contributed by atoms with Gasteiger partial charge in [0.05, 0.1) is 29.0 Å². The SMILES string of the molecule is O=S(=O)(c1ccc(C(F)(F)F)cc1)N1C2Cc3[nH]ncc3C1CC(c1cccc(-n3ccnc3)c1)C2. The van der Waals surface area contributed by atoms with Crippen molar-refractivity contribution in [3.8, 4) is 5.69 Å². The van der Waals surface area contributed by atoms with E-state index in [2.05, 4.69) is 27.3 Å². The van der Waals surface area contributed by atoms with Gasteiger partial charge in [0, 0.05) is 41.8 Å². The van der Waals surface area contributed by atoms with Gasteiger partial charge in [0.1, 0.15) is 0 Å². The number of hydrogen-bond acceptors (Lipinski definition) is 4. The Labute approximate surface area is 205 Å². The Bertz CT molecular complexity index is 1500. The van der Waals surface area contributed by atoms with Crippen LogP contribution in [0.1, 0.15) is 47.2 Å². The molecule has 4 aromatic rings. The maximum absolute atomic E-state index is 13.7. The molecule has 0 radical (unpaired) electrons. The Morgan fingerprint density at radius 3 is 2.58 bits per heavy atom. The molecule has 2 aromatic heterocycles. The van der Waals surface area contributed by atoms with Crippen LogP contribution in [0.4, 0.5) is 13.2 Å². The molecule has 1 saturated heterocycles. The van der Waals surface area contributed by atoms with Gasteiger partial charge in [0.15, 0.2) is 0 Å². The first-order chi connectivity index (χ1) is 17.2. The second kappa shape index (κ2) is 8.31. The Hall–Kier alpha value is -3.44. The molecule has 11 heteroatoms. The Kier molecular flexibility index (Phi) is 5.31. The lowest BCUT2D eigenvalue weighted by atomic mass is 9.76. The van der Waals surface area contributed by atoms with E-state index in [0.717, 1.165) is 46.8 Å². The van der Waals surface area contributed by atoms with Crippen molar-refractivity contribution < 1.29 is 21.6 Å². The van der Waals surface area contributed by atoms with E-state index in [9.17, 15) is 21.6 Å². The summed E-state index contributed by atoms with van der Waals surface area (Å²) in [7, 11) is -4.04. The number of benzene rings is 2. The van der Waals surface area contributed by atoms with Crippen molar-refractivity contribution in [3.05, 3.63) is 95.8 Å². The molecular weight excluding hydrogens is 491 g/mol. The highest BCUT2D eigenvalue weighted by atomic mass is 32.2. The minimum atomic E-state index is -4.53. The first-order valence-corrected chi connectivity index (χ1v) is 13.0. The van der Waals surface area contributed by atoms with Crippen LogP contribution in [0.2, 0.25) is 0 Å². The smallest absolute Gasteiger partial charge is 0.306 e. The maximum atomic E-state index is 13.7. The van der Waals surface area contributed by atoms with Crippen molar-refractivity contribution >= 4 is 10.0 Å². The van der Waals surface area contributed by atoms with Crippen molar-refractivity contribution in [3.63, 3.8) is 0 Å². The van der Waals surface area contributed by atoms with Crippen molar-refractivity contribution in [1.29, 1.82) is 0 Å². The number of hydrogen-bond donors (Lipinski definition) is 1. The number of aromatic amines is 1. The molecule has 4 heterocycles. The summed E-state index contributed by atoms with van der Waals surface area (Å²) in [6.07, 6.45) is 4.02. The molecule has 36 heavy (non-hydrogen) atoms. The second-order valence-corrected chi connectivity index (χ2v) is 11.1. The number of H-pyrrole nitrogens is 1. The highest BCUT2D eigenvalue weighted by Gasteiger charge is 2.48. The molecular formula is C25H22F3N5O2S. The molecule has 0 aliphatic carbocycles. The summed E-state index contributed by atoms with van der Waals surface area (Å²) in [4.78, 5) is 3.97. The number of aromatic nitrogens is 4. The van der Waals surface area contributed by atoms with Gasteiger partial charge in [-0.05, 0) is 60.7 Å². The lowest BCUT2D eigenvalue weighted by Gasteiger charge is -2.47. The van der Waals surface area contributed by atoms with Crippen LogP contribution in [-0.2, 0) is 22.6 Å². The fourth-order valence-corrected chi connectivity index (χ4v) is 7.34. The van der Waals surface area contributed by atoms with Crippen LogP contribution >= 0.6 is 0 Å². The molecule has 0 amide bonds. The molecule has 6 rings (SSSR count). The van der Waals surface area contributed by atoms with Crippen LogP contribution in [0, 0.1) is 0 Å². The molecule has 1 N–H and O–H groups in total. The first-order valence-electron chi connectivity index (χ1n) is 11.5. The quantitative estimate of drug-likeness (QED) is 0.423. The standard InChI is InChI=1S/C25H22F3N5O2S/c26-25(27,28)18-4-6-21(7-5-18)36(34,35)33-20-11-17(12-24(33)22-14-30-31-23(22)13-20)16-2-1-3-19(10-16)32-9-8-29-15-32/h1-10,14-15,17,20,24H,11-13H2,(H,30,31). The molecule has 1 fully saturated rings. The average Bonchev–Trinajstić information content (AvgIpc) is 3.55. The van der Waals surface area contributed by atoms with Gasteiger partial charge in [-0.2, -0.15) is 22.6 Å². The van der Waals surface area contributed by atoms with Crippen molar-refractivity contribution in [2.75, 3.05) is 0 Å². The molecule has 3 unspecified atom stereocenters. The van der Waals surface area contributed by atoms with E-state index >= 15 is 0 Å². The molecule has 0 spiro atoms. The van der Waals surface area contributed by atoms with E-state index in [-0.39, 0.29) is 16.9 Å². The molecule has 0 saturated carbocycles. The minimum Gasteiger partial charge on any atom is -0.306 e. The lowest BCUT2D eigenvalue weighted by Crippen LogP contribution is -2.51. The van der Waals surface area contributed by atoms with E-state index < -0.39 is 27.8 Å². The van der Waals surface area contributed by atoms with Crippen LogP contribution < -0.4 is 0 Å². The van der Waals surface area contributed by atoms with Gasteiger partial charge in [0.25, 0.3) is 0 Å². The predicted octanol–water partition coefficient (Wildman–Crippen LogP) is 4.85. The zero-order valence-corrected chi connectivity index (χ0v) is 19.7. The monoisotopic (exact) mass is 513 g/mol. The summed E-state index contributed by atoms with van der Waals surface area (Å²) < 4.78 is 70.0. The Morgan fingerprint density at radius 2 is 1.86 bits per heavy atom. The van der Waals surface area contributed by atoms with Crippen LogP contribution in [-0.4, -0.2) is 38.5 Å². The fourth-order valence-electron chi connectivity index (χ4n) is 5.53. The molecule has 2 bridgehead atoms. The lowest BCUT2D eigenvalue weighted by molar-refractivity contribution is -0.137. The van der Waals surface area contributed by atoms with Gasteiger partial charge in [-0.3, -0.25) is 5.10 Å². The average molecular weight is 514 g/mol. The molecule has 3 atom stereocenters. The van der Waals surface area contributed by atoms with Crippen LogP contribution in [0.15, 0.2) is 78.3 Å². The second-order valence-electron chi connectivity index (χ2n) is 9.27. The van der Waals surface area contributed by atoms with Crippen LogP contribution in [0.3, 0.4) is 0 Å². The Balaban J connectivity index is 1.36. The number of sulfonamides is 1. The molecule has 2 aliphatic rings. The van der Waals surface area contributed by atoms with E-state index in [1.807, 2.05) is 22.9 Å². The largest absolute Gasteiger partial charge is 0.416 e. The van der Waals surface area contributed by atoms with Crippen LogP contribution in [0.25, 0.3) is 5.69 Å². The number of piperidine rings is 1. The highest BCUT2D eigenvalue weighted by molar-refractivity contribution is 7.89. The van der Waals surface area contributed by atoms with Gasteiger partial charge in [-0.25, -0.2) is 13.4 Å². The topological polar surface area (TPSA) is 83.9 Å². The first kappa shape index (κ1) is 23.0. The summed E-state index contributed by atoms with van der Waals surface area (Å²) in [6.45, 7) is 0. The number of halogens is 3. The van der Waals surface area contributed by atoms with Gasteiger partial charge in [-0.1, -0.05) is 12.1 Å². The van der Waals surface area contributed by atoms with Gasteiger partial charge in [0.2, 0.25) is 10.0 Å². The number of rotatable bonds is 4. The van der Waals surface area contributed by atoms with E-state index in [0.29, 0.717) is 19.3 Å². The summed E-state index contributed by atoms with van der Waals surface area (Å²) in [5, 5.41) is 7.15. The number of imidazole rings is 1. The minimum absolute atomic E-state index is 0.102. The maximum Gasteiger partial charge on any atom is 0.416 e. The van der Waals surface area contributed by atoms with Gasteiger partial charge >= 0.3 is 6.18 Å². The van der Waals surface area contributed by atoms with Crippen LogP contribution in [0.5, 0.6) is 0 Å². The normalized spacial score (nSPS) is 22.4. The highest BCUT2D eigenvalue weighted by Crippen LogP contribution is 2.49. The van der Waals surface area contributed by atoms with E-state index in [1.54, 1.807) is 18.7 Å². The van der Waals surface area contributed by atoms with Crippen molar-refractivity contribution in [2.24, 2.45) is 0 Å². The number of nitrogens with one attached hydrogen (secondary N) is 1. The van der Waals surface area contributed by atoms with E-state index in [1.165, 1.54) is 4.31 Å². The van der Waals surface area contributed by atoms with Gasteiger partial charge < -0.3 is 4.57 Å². The molecule has 2 aromatic carbocycles. The molecule has 186 valence electrons. The van der Waals surface area contributed by atoms with Crippen molar-refractivity contribution in [2.45, 2.75) is 48.3 Å². The summed E-state index contributed by atoms with van der Waals surface area (Å²) in [5.41, 5.74) is 2.93. The van der Waals surface area contributed by atoms with E-state index in [4.69, 9.17) is 0 Å². The molecule has 2 aliphatic heterocycles. The van der Waals surface area contributed by atoms with Crippen molar-refractivity contribution in [1.82, 2.24) is 24.1 Å². The number of nitrogens with zero attached hydrogens (tertiary/aromatic N) is 4. The summed E-state index contributed by atoms with van der Waals surface area (Å²) in [5.74, 6) is 0.102. The zero-order chi connectivity index (χ0) is 25.1. The predicted molar refractivity (Wildman–Crippen MR) is 125 cm³/mol. The third-order valence-corrected chi connectivity index (χ3v) is 9.16. The van der Waals surface area contributed by atoms with Gasteiger partial charge in [-0.15, -0.1) is 0 Å². The third-order valence-electron chi connectivity index (χ3n) is 7.18. The molecule has 7 nitrogen and oxygen atoms in total. The summed E-state index contributed by atoms with van der Waals surface area (Å²) in [6, 6.07) is 11.0. The summed E-state index contributed by atoms with van der Waals surface area (Å²) >= 11 is 0. The number of fused-ring (bicyclic) bond motifs is 4. The Morgan fingerprint density at radius 1 is 1.06 bits per heavy atom. The zero-order valence-electron chi connectivity index (χ0n) is 18.9. The fraction of sp³-hybridized carbons (Fsp3) is 0.280. The number of alkyl halides is 3. The third kappa shape index (κ3) is 3.82.